The molecule has 0 unspecified atom stereocenters. The number of hydrogen-bond acceptors (Lipinski definition) is 4. The van der Waals surface area contributed by atoms with Crippen molar-refractivity contribution in [2.24, 2.45) is 0 Å². The number of rotatable bonds is 4. The normalized spacial score (nSPS) is 17.1. The van der Waals surface area contributed by atoms with Crippen molar-refractivity contribution >= 4 is 17.6 Å². The van der Waals surface area contributed by atoms with Crippen LogP contribution in [0.15, 0.2) is 48.7 Å². The van der Waals surface area contributed by atoms with Gasteiger partial charge in [-0.2, -0.15) is 0 Å². The number of carbonyl (C=O) groups excluding carboxylic acids is 2. The third-order valence-corrected chi connectivity index (χ3v) is 3.79. The van der Waals surface area contributed by atoms with Crippen LogP contribution in [0.1, 0.15) is 19.3 Å². The summed E-state index contributed by atoms with van der Waals surface area (Å²) in [5.74, 6) is 0.892. The average molecular weight is 340 g/mol. The van der Waals surface area contributed by atoms with Crippen LogP contribution in [0.4, 0.5) is 10.5 Å². The molecule has 0 aliphatic carbocycles. The molecule has 1 fully saturated rings. The third kappa shape index (κ3) is 4.94. The molecule has 1 aromatic heterocycles. The Balaban J connectivity index is 1.59. The molecule has 2 heterocycles. The van der Waals surface area contributed by atoms with Gasteiger partial charge in [-0.05, 0) is 37.5 Å². The van der Waals surface area contributed by atoms with Gasteiger partial charge in [-0.25, -0.2) is 9.78 Å². The van der Waals surface area contributed by atoms with Crippen LogP contribution in [0, 0.1) is 0 Å². The zero-order chi connectivity index (χ0) is 17.5. The van der Waals surface area contributed by atoms with Gasteiger partial charge in [0.1, 0.15) is 11.8 Å². The SMILES string of the molecule is O=C(Nc1cccc(Oc2ccccn2)c1)N[C@H]1CCCCNC1=O. The van der Waals surface area contributed by atoms with E-state index in [-0.39, 0.29) is 5.91 Å². The van der Waals surface area contributed by atoms with E-state index in [4.69, 9.17) is 4.74 Å². The van der Waals surface area contributed by atoms with E-state index < -0.39 is 12.1 Å². The smallest absolute Gasteiger partial charge is 0.319 e. The lowest BCUT2D eigenvalue weighted by molar-refractivity contribution is -0.122. The minimum Gasteiger partial charge on any atom is -0.439 e. The minimum absolute atomic E-state index is 0.139. The third-order valence-electron chi connectivity index (χ3n) is 3.79. The van der Waals surface area contributed by atoms with Gasteiger partial charge in [0.2, 0.25) is 11.8 Å². The largest absolute Gasteiger partial charge is 0.439 e. The predicted molar refractivity (Wildman–Crippen MR) is 93.6 cm³/mol. The first-order valence-electron chi connectivity index (χ1n) is 8.25. The van der Waals surface area contributed by atoms with Crippen molar-refractivity contribution in [1.29, 1.82) is 0 Å². The van der Waals surface area contributed by atoms with Crippen LogP contribution in [-0.2, 0) is 4.79 Å². The van der Waals surface area contributed by atoms with Gasteiger partial charge < -0.3 is 20.7 Å². The maximum Gasteiger partial charge on any atom is 0.319 e. The average Bonchev–Trinajstić information content (AvgIpc) is 2.81. The first kappa shape index (κ1) is 16.8. The molecule has 130 valence electrons. The second kappa shape index (κ2) is 8.14. The Morgan fingerprint density at radius 2 is 2.12 bits per heavy atom. The van der Waals surface area contributed by atoms with E-state index in [2.05, 4.69) is 20.9 Å². The molecule has 25 heavy (non-hydrogen) atoms. The number of pyridine rings is 1. The van der Waals surface area contributed by atoms with Gasteiger partial charge in [0.15, 0.2) is 0 Å². The lowest BCUT2D eigenvalue weighted by Gasteiger charge is -2.16. The second-order valence-corrected chi connectivity index (χ2v) is 5.74. The van der Waals surface area contributed by atoms with E-state index in [1.165, 1.54) is 0 Å². The Hall–Kier alpha value is -3.09. The number of ether oxygens (including phenoxy) is 1. The molecule has 0 saturated carbocycles. The number of urea groups is 1. The quantitative estimate of drug-likeness (QED) is 0.798. The summed E-state index contributed by atoms with van der Waals surface area (Å²) in [7, 11) is 0. The zero-order valence-electron chi connectivity index (χ0n) is 13.7. The van der Waals surface area contributed by atoms with E-state index >= 15 is 0 Å². The highest BCUT2D eigenvalue weighted by Gasteiger charge is 2.22. The van der Waals surface area contributed by atoms with Gasteiger partial charge in [-0.15, -0.1) is 0 Å². The number of nitrogens with zero attached hydrogens (tertiary/aromatic N) is 1. The van der Waals surface area contributed by atoms with Crippen molar-refractivity contribution < 1.29 is 14.3 Å². The highest BCUT2D eigenvalue weighted by atomic mass is 16.5. The summed E-state index contributed by atoms with van der Waals surface area (Å²) in [6.07, 6.45) is 4.11. The summed E-state index contributed by atoms with van der Waals surface area (Å²) >= 11 is 0. The van der Waals surface area contributed by atoms with E-state index in [1.54, 1.807) is 42.6 Å². The van der Waals surface area contributed by atoms with Crippen LogP contribution in [0.2, 0.25) is 0 Å². The molecule has 1 aliphatic heterocycles. The van der Waals surface area contributed by atoms with Crippen LogP contribution in [0.5, 0.6) is 11.6 Å². The monoisotopic (exact) mass is 340 g/mol. The molecule has 7 nitrogen and oxygen atoms in total. The first-order valence-corrected chi connectivity index (χ1v) is 8.25. The molecule has 0 bridgehead atoms. The molecule has 3 N–H and O–H groups in total. The molecule has 1 atom stereocenters. The summed E-state index contributed by atoms with van der Waals surface area (Å²) in [4.78, 5) is 28.1. The number of carbonyl (C=O) groups is 2. The van der Waals surface area contributed by atoms with E-state index in [9.17, 15) is 9.59 Å². The highest BCUT2D eigenvalue weighted by molar-refractivity contribution is 5.93. The lowest BCUT2D eigenvalue weighted by Crippen LogP contribution is -2.46. The highest BCUT2D eigenvalue weighted by Crippen LogP contribution is 2.22. The number of nitrogens with one attached hydrogen (secondary N) is 3. The van der Waals surface area contributed by atoms with Gasteiger partial charge in [0, 0.05) is 30.6 Å². The molecule has 7 heteroatoms. The number of aromatic nitrogens is 1. The molecule has 1 aromatic carbocycles. The topological polar surface area (TPSA) is 92.3 Å². The fourth-order valence-electron chi connectivity index (χ4n) is 2.57. The molecule has 0 spiro atoms. The van der Waals surface area contributed by atoms with Crippen molar-refractivity contribution in [2.45, 2.75) is 25.3 Å². The molecule has 0 radical (unpaired) electrons. The number of anilines is 1. The van der Waals surface area contributed by atoms with Gasteiger partial charge in [0.05, 0.1) is 0 Å². The molecule has 1 saturated heterocycles. The van der Waals surface area contributed by atoms with Crippen LogP contribution in [-0.4, -0.2) is 29.5 Å². The number of amides is 3. The van der Waals surface area contributed by atoms with Gasteiger partial charge in [0.25, 0.3) is 0 Å². The van der Waals surface area contributed by atoms with Crippen LogP contribution in [0.3, 0.4) is 0 Å². The molecule has 2 aromatic rings. The van der Waals surface area contributed by atoms with Crippen molar-refractivity contribution in [3.05, 3.63) is 48.7 Å². The van der Waals surface area contributed by atoms with Crippen LogP contribution >= 0.6 is 0 Å². The van der Waals surface area contributed by atoms with E-state index in [0.29, 0.717) is 30.3 Å². The minimum atomic E-state index is -0.504. The van der Waals surface area contributed by atoms with Gasteiger partial charge in [-0.3, -0.25) is 4.79 Å². The summed E-state index contributed by atoms with van der Waals surface area (Å²) in [5, 5.41) is 8.23. The fraction of sp³-hybridized carbons (Fsp3) is 0.278. The van der Waals surface area contributed by atoms with Crippen LogP contribution in [0.25, 0.3) is 0 Å². The Labute approximate surface area is 145 Å². The summed E-state index contributed by atoms with van der Waals surface area (Å²) in [6, 6.07) is 11.4. The zero-order valence-corrected chi connectivity index (χ0v) is 13.7. The number of hydrogen-bond donors (Lipinski definition) is 3. The molecule has 3 amide bonds. The van der Waals surface area contributed by atoms with Crippen molar-refractivity contribution in [1.82, 2.24) is 15.6 Å². The summed E-state index contributed by atoms with van der Waals surface area (Å²) < 4.78 is 5.64. The van der Waals surface area contributed by atoms with Gasteiger partial charge in [-0.1, -0.05) is 12.1 Å². The van der Waals surface area contributed by atoms with Crippen molar-refractivity contribution in [2.75, 3.05) is 11.9 Å². The maximum absolute atomic E-state index is 12.2. The summed E-state index contributed by atoms with van der Waals surface area (Å²) in [6.45, 7) is 0.658. The van der Waals surface area contributed by atoms with Crippen LogP contribution < -0.4 is 20.7 Å². The first-order chi connectivity index (χ1) is 12.2. The summed E-state index contributed by atoms with van der Waals surface area (Å²) in [5.41, 5.74) is 0.569. The van der Waals surface area contributed by atoms with Crippen molar-refractivity contribution in [3.63, 3.8) is 0 Å². The molecular weight excluding hydrogens is 320 g/mol. The van der Waals surface area contributed by atoms with E-state index in [1.807, 2.05) is 6.07 Å². The Morgan fingerprint density at radius 1 is 1.20 bits per heavy atom. The maximum atomic E-state index is 12.2. The van der Waals surface area contributed by atoms with Gasteiger partial charge >= 0.3 is 6.03 Å². The Kier molecular flexibility index (Phi) is 5.46. The Bertz CT molecular complexity index is 736. The Morgan fingerprint density at radius 3 is 2.96 bits per heavy atom. The lowest BCUT2D eigenvalue weighted by atomic mass is 10.1. The predicted octanol–water partition coefficient (Wildman–Crippen LogP) is 2.66. The molecule has 3 rings (SSSR count). The molecule has 1 aliphatic rings. The van der Waals surface area contributed by atoms with E-state index in [0.717, 1.165) is 12.8 Å². The number of benzene rings is 1. The standard InChI is InChI=1S/C18H20N4O3/c23-17-15(8-1-3-11-20-17)22-18(24)21-13-6-5-7-14(12-13)25-16-9-2-4-10-19-16/h2,4-7,9-10,12,15H,1,3,8,11H2,(H,20,23)(H2,21,22,24)/t15-/m0/s1. The molecular formula is C18H20N4O3. The fourth-order valence-corrected chi connectivity index (χ4v) is 2.57. The van der Waals surface area contributed by atoms with Crippen molar-refractivity contribution in [3.8, 4) is 11.6 Å². The second-order valence-electron chi connectivity index (χ2n) is 5.74.